The van der Waals surface area contributed by atoms with Crippen LogP contribution < -0.4 is 11.1 Å². The lowest BCUT2D eigenvalue weighted by Gasteiger charge is -2.06. The van der Waals surface area contributed by atoms with E-state index in [0.29, 0.717) is 13.2 Å². The largest absolute Gasteiger partial charge is 0.377 e. The van der Waals surface area contributed by atoms with Crippen LogP contribution in [0.25, 0.3) is 0 Å². The van der Waals surface area contributed by atoms with Crippen molar-refractivity contribution in [2.75, 3.05) is 18.5 Å². The predicted octanol–water partition coefficient (Wildman–Crippen LogP) is 1.12. The van der Waals surface area contributed by atoms with Gasteiger partial charge in [0.15, 0.2) is 0 Å². The number of benzene rings is 1. The smallest absolute Gasteiger partial charge is 0.238 e. The molecule has 0 aromatic heterocycles. The van der Waals surface area contributed by atoms with Crippen LogP contribution in [0, 0.1) is 0 Å². The number of amides is 1. The number of nitrogens with two attached hydrogens (primary N) is 1. The molecule has 0 fully saturated rings. The third-order valence-electron chi connectivity index (χ3n) is 1.87. The molecule has 0 aliphatic heterocycles. The summed E-state index contributed by atoms with van der Waals surface area (Å²) in [5.41, 5.74) is 6.99. The minimum atomic E-state index is -0.191. The maximum Gasteiger partial charge on any atom is 0.238 e. The molecule has 4 nitrogen and oxygen atoms in total. The lowest BCUT2D eigenvalue weighted by atomic mass is 10.2. The van der Waals surface area contributed by atoms with Gasteiger partial charge in [-0.25, -0.2) is 0 Å². The lowest BCUT2D eigenvalue weighted by molar-refractivity contribution is -0.114. The van der Waals surface area contributed by atoms with E-state index in [0.717, 1.165) is 11.3 Å². The Hall–Kier alpha value is -1.39. The van der Waals surface area contributed by atoms with Crippen LogP contribution in [0.2, 0.25) is 0 Å². The highest BCUT2D eigenvalue weighted by Gasteiger charge is 1.99. The standard InChI is InChI=1S/C11H16N2O2/c1-2-15-8-9-4-3-5-10(6-9)13-11(14)7-12/h3-6H,2,7-8,12H2,1H3,(H,13,14). The molecule has 0 spiro atoms. The molecule has 0 radical (unpaired) electrons. The van der Waals surface area contributed by atoms with Crippen LogP contribution in [0.4, 0.5) is 5.69 Å². The first kappa shape index (κ1) is 11.7. The van der Waals surface area contributed by atoms with Crippen molar-refractivity contribution in [3.05, 3.63) is 29.8 Å². The van der Waals surface area contributed by atoms with Crippen molar-refractivity contribution in [2.24, 2.45) is 5.73 Å². The third kappa shape index (κ3) is 4.10. The fraction of sp³-hybridized carbons (Fsp3) is 0.364. The van der Waals surface area contributed by atoms with Gasteiger partial charge in [-0.1, -0.05) is 12.1 Å². The Labute approximate surface area is 89.4 Å². The molecule has 0 unspecified atom stereocenters. The van der Waals surface area contributed by atoms with Gasteiger partial charge < -0.3 is 15.8 Å². The first-order valence-electron chi connectivity index (χ1n) is 4.93. The van der Waals surface area contributed by atoms with Gasteiger partial charge in [0.05, 0.1) is 13.2 Å². The summed E-state index contributed by atoms with van der Waals surface area (Å²) in [4.78, 5) is 11.0. The number of anilines is 1. The summed E-state index contributed by atoms with van der Waals surface area (Å²) in [6.45, 7) is 3.18. The Morgan fingerprint density at radius 3 is 3.00 bits per heavy atom. The molecule has 1 aromatic carbocycles. The minimum Gasteiger partial charge on any atom is -0.377 e. The number of hydrogen-bond donors (Lipinski definition) is 2. The van der Waals surface area contributed by atoms with Crippen molar-refractivity contribution in [2.45, 2.75) is 13.5 Å². The maximum absolute atomic E-state index is 11.0. The number of carbonyl (C=O) groups is 1. The van der Waals surface area contributed by atoms with Crippen molar-refractivity contribution < 1.29 is 9.53 Å². The molecule has 0 saturated carbocycles. The number of carbonyl (C=O) groups excluding carboxylic acids is 1. The van der Waals surface area contributed by atoms with Crippen LogP contribution in [0.5, 0.6) is 0 Å². The molecule has 0 aliphatic rings. The fourth-order valence-electron chi connectivity index (χ4n) is 1.17. The lowest BCUT2D eigenvalue weighted by Crippen LogP contribution is -2.21. The molecule has 0 atom stereocenters. The van der Waals surface area contributed by atoms with Crippen molar-refractivity contribution >= 4 is 11.6 Å². The second-order valence-electron chi connectivity index (χ2n) is 3.09. The number of ether oxygens (including phenoxy) is 1. The zero-order chi connectivity index (χ0) is 11.1. The van der Waals surface area contributed by atoms with Gasteiger partial charge in [-0.15, -0.1) is 0 Å². The highest BCUT2D eigenvalue weighted by molar-refractivity contribution is 5.92. The van der Waals surface area contributed by atoms with E-state index in [2.05, 4.69) is 5.32 Å². The van der Waals surface area contributed by atoms with Gasteiger partial charge in [0.2, 0.25) is 5.91 Å². The average molecular weight is 208 g/mol. The van der Waals surface area contributed by atoms with Crippen LogP contribution in [0.1, 0.15) is 12.5 Å². The van der Waals surface area contributed by atoms with E-state index in [-0.39, 0.29) is 12.5 Å². The normalized spacial score (nSPS) is 10.0. The van der Waals surface area contributed by atoms with E-state index >= 15 is 0 Å². The summed E-state index contributed by atoms with van der Waals surface area (Å²) in [5.74, 6) is -0.191. The van der Waals surface area contributed by atoms with Gasteiger partial charge in [-0.2, -0.15) is 0 Å². The SMILES string of the molecule is CCOCc1cccc(NC(=O)CN)c1. The van der Waals surface area contributed by atoms with Gasteiger partial charge in [0, 0.05) is 12.3 Å². The summed E-state index contributed by atoms with van der Waals surface area (Å²) in [7, 11) is 0. The molecular weight excluding hydrogens is 192 g/mol. The molecule has 0 aliphatic carbocycles. The fourth-order valence-corrected chi connectivity index (χ4v) is 1.17. The van der Waals surface area contributed by atoms with E-state index in [1.165, 1.54) is 0 Å². The molecule has 1 aromatic rings. The topological polar surface area (TPSA) is 64.3 Å². The minimum absolute atomic E-state index is 0.00428. The third-order valence-corrected chi connectivity index (χ3v) is 1.87. The van der Waals surface area contributed by atoms with E-state index in [1.54, 1.807) is 0 Å². The summed E-state index contributed by atoms with van der Waals surface area (Å²) < 4.78 is 5.27. The molecule has 3 N–H and O–H groups in total. The Morgan fingerprint density at radius 1 is 1.53 bits per heavy atom. The highest BCUT2D eigenvalue weighted by atomic mass is 16.5. The quantitative estimate of drug-likeness (QED) is 0.762. The summed E-state index contributed by atoms with van der Waals surface area (Å²) in [6, 6.07) is 7.53. The summed E-state index contributed by atoms with van der Waals surface area (Å²) >= 11 is 0. The Kier molecular flexibility index (Phi) is 4.80. The summed E-state index contributed by atoms with van der Waals surface area (Å²) in [6.07, 6.45) is 0. The Morgan fingerprint density at radius 2 is 2.33 bits per heavy atom. The van der Waals surface area contributed by atoms with Crippen LogP contribution in [0.3, 0.4) is 0 Å². The molecule has 1 amide bonds. The molecule has 0 bridgehead atoms. The molecular formula is C11H16N2O2. The van der Waals surface area contributed by atoms with Gasteiger partial charge in [0.1, 0.15) is 0 Å². The molecule has 4 heteroatoms. The first-order chi connectivity index (χ1) is 7.26. The number of hydrogen-bond acceptors (Lipinski definition) is 3. The van der Waals surface area contributed by atoms with Crippen LogP contribution >= 0.6 is 0 Å². The number of rotatable bonds is 5. The van der Waals surface area contributed by atoms with Gasteiger partial charge in [0.25, 0.3) is 0 Å². The van der Waals surface area contributed by atoms with Crippen molar-refractivity contribution in [1.29, 1.82) is 0 Å². The average Bonchev–Trinajstić information content (AvgIpc) is 2.26. The van der Waals surface area contributed by atoms with Gasteiger partial charge in [-0.05, 0) is 24.6 Å². The monoisotopic (exact) mass is 208 g/mol. The highest BCUT2D eigenvalue weighted by Crippen LogP contribution is 2.11. The Bertz CT molecular complexity index is 326. The molecule has 1 rings (SSSR count). The zero-order valence-electron chi connectivity index (χ0n) is 8.82. The maximum atomic E-state index is 11.0. The van der Waals surface area contributed by atoms with Crippen molar-refractivity contribution in [3.63, 3.8) is 0 Å². The van der Waals surface area contributed by atoms with Crippen LogP contribution in [0.15, 0.2) is 24.3 Å². The molecule has 0 saturated heterocycles. The molecule has 0 heterocycles. The summed E-state index contributed by atoms with van der Waals surface area (Å²) in [5, 5.41) is 2.69. The van der Waals surface area contributed by atoms with E-state index < -0.39 is 0 Å². The van der Waals surface area contributed by atoms with Crippen LogP contribution in [-0.2, 0) is 16.1 Å². The van der Waals surface area contributed by atoms with Gasteiger partial charge in [-0.3, -0.25) is 4.79 Å². The number of nitrogens with one attached hydrogen (secondary N) is 1. The second-order valence-corrected chi connectivity index (χ2v) is 3.09. The van der Waals surface area contributed by atoms with E-state index in [1.807, 2.05) is 31.2 Å². The van der Waals surface area contributed by atoms with E-state index in [4.69, 9.17) is 10.5 Å². The molecule has 15 heavy (non-hydrogen) atoms. The van der Waals surface area contributed by atoms with Gasteiger partial charge >= 0.3 is 0 Å². The van der Waals surface area contributed by atoms with Crippen molar-refractivity contribution in [3.8, 4) is 0 Å². The predicted molar refractivity (Wildman–Crippen MR) is 59.5 cm³/mol. The second kappa shape index (κ2) is 6.16. The van der Waals surface area contributed by atoms with Crippen molar-refractivity contribution in [1.82, 2.24) is 0 Å². The Balaban J connectivity index is 2.61. The molecule has 82 valence electrons. The van der Waals surface area contributed by atoms with E-state index in [9.17, 15) is 4.79 Å². The first-order valence-corrected chi connectivity index (χ1v) is 4.93. The van der Waals surface area contributed by atoms with Crippen LogP contribution in [-0.4, -0.2) is 19.1 Å². The zero-order valence-corrected chi connectivity index (χ0v) is 8.82.